The lowest BCUT2D eigenvalue weighted by Gasteiger charge is -2.43. The van der Waals surface area contributed by atoms with Gasteiger partial charge in [0.25, 0.3) is 0 Å². The van der Waals surface area contributed by atoms with Crippen molar-refractivity contribution in [3.63, 3.8) is 0 Å². The first-order valence-electron chi connectivity index (χ1n) is 7.73. The highest BCUT2D eigenvalue weighted by atomic mass is 16.2. The molecular weight excluding hydrogens is 264 g/mol. The van der Waals surface area contributed by atoms with Crippen molar-refractivity contribution in [2.45, 2.75) is 50.6 Å². The number of hydrogen-bond donors (Lipinski definition) is 1. The Morgan fingerprint density at radius 1 is 1.19 bits per heavy atom. The molecule has 1 aliphatic carbocycles. The van der Waals surface area contributed by atoms with Gasteiger partial charge in [-0.15, -0.1) is 0 Å². The second kappa shape index (κ2) is 5.51. The fourth-order valence-corrected chi connectivity index (χ4v) is 3.56. The number of nitrogens with zero attached hydrogens (tertiary/aromatic N) is 1. The third-order valence-electron chi connectivity index (χ3n) is 4.82. The molecule has 3 rings (SSSR count). The minimum atomic E-state index is -0.425. The van der Waals surface area contributed by atoms with E-state index in [1.807, 2.05) is 35.2 Å². The molecule has 0 radical (unpaired) electrons. The van der Waals surface area contributed by atoms with Gasteiger partial charge in [0.15, 0.2) is 0 Å². The first-order valence-corrected chi connectivity index (χ1v) is 7.73. The monoisotopic (exact) mass is 286 g/mol. The SMILES string of the molecule is CC1(N2CC(=O)NC(Cc3ccccc3)C2=O)CCCC1. The maximum Gasteiger partial charge on any atom is 0.246 e. The van der Waals surface area contributed by atoms with Crippen LogP contribution in [-0.4, -0.2) is 34.8 Å². The lowest BCUT2D eigenvalue weighted by molar-refractivity contribution is -0.150. The van der Waals surface area contributed by atoms with Crippen molar-refractivity contribution < 1.29 is 9.59 Å². The van der Waals surface area contributed by atoms with Crippen molar-refractivity contribution >= 4 is 11.8 Å². The predicted molar refractivity (Wildman–Crippen MR) is 80.7 cm³/mol. The fraction of sp³-hybridized carbons (Fsp3) is 0.529. The average molecular weight is 286 g/mol. The van der Waals surface area contributed by atoms with E-state index >= 15 is 0 Å². The molecule has 21 heavy (non-hydrogen) atoms. The maximum absolute atomic E-state index is 12.8. The molecule has 2 amide bonds. The van der Waals surface area contributed by atoms with E-state index in [4.69, 9.17) is 0 Å². The first-order chi connectivity index (χ1) is 10.1. The van der Waals surface area contributed by atoms with Crippen molar-refractivity contribution in [2.24, 2.45) is 0 Å². The van der Waals surface area contributed by atoms with Crippen LogP contribution in [0.25, 0.3) is 0 Å². The zero-order valence-corrected chi connectivity index (χ0v) is 12.5. The molecule has 0 spiro atoms. The Morgan fingerprint density at radius 2 is 1.86 bits per heavy atom. The summed E-state index contributed by atoms with van der Waals surface area (Å²) in [6.07, 6.45) is 4.86. The van der Waals surface area contributed by atoms with E-state index in [9.17, 15) is 9.59 Å². The molecule has 4 heteroatoms. The van der Waals surface area contributed by atoms with Crippen LogP contribution in [0.3, 0.4) is 0 Å². The molecular formula is C17H22N2O2. The minimum absolute atomic E-state index is 0.0383. The summed E-state index contributed by atoms with van der Waals surface area (Å²) in [4.78, 5) is 26.6. The van der Waals surface area contributed by atoms with E-state index in [0.717, 1.165) is 31.2 Å². The number of hydrogen-bond acceptors (Lipinski definition) is 2. The van der Waals surface area contributed by atoms with E-state index in [0.29, 0.717) is 6.42 Å². The molecule has 0 aromatic heterocycles. The Balaban J connectivity index is 1.78. The summed E-state index contributed by atoms with van der Waals surface area (Å²) in [6, 6.07) is 9.44. The lowest BCUT2D eigenvalue weighted by atomic mass is 9.94. The molecule has 1 aromatic rings. The number of nitrogens with one attached hydrogen (secondary N) is 1. The number of rotatable bonds is 3. The zero-order chi connectivity index (χ0) is 14.9. The molecule has 1 saturated carbocycles. The summed E-state index contributed by atoms with van der Waals surface area (Å²) in [5.74, 6) is 0.0338. The van der Waals surface area contributed by atoms with Crippen LogP contribution in [0.1, 0.15) is 38.2 Å². The summed E-state index contributed by atoms with van der Waals surface area (Å²) in [5.41, 5.74) is 0.943. The summed E-state index contributed by atoms with van der Waals surface area (Å²) in [6.45, 7) is 2.33. The molecule has 4 nitrogen and oxygen atoms in total. The molecule has 1 unspecified atom stereocenters. The summed E-state index contributed by atoms with van der Waals surface area (Å²) >= 11 is 0. The van der Waals surface area contributed by atoms with Gasteiger partial charge in [-0.1, -0.05) is 43.2 Å². The van der Waals surface area contributed by atoms with Gasteiger partial charge in [0, 0.05) is 12.0 Å². The number of benzene rings is 1. The van der Waals surface area contributed by atoms with Gasteiger partial charge in [-0.2, -0.15) is 0 Å². The van der Waals surface area contributed by atoms with Gasteiger partial charge in [-0.25, -0.2) is 0 Å². The van der Waals surface area contributed by atoms with Crippen molar-refractivity contribution in [2.75, 3.05) is 6.54 Å². The molecule has 2 fully saturated rings. The zero-order valence-electron chi connectivity index (χ0n) is 12.5. The normalized spacial score (nSPS) is 25.0. The second-order valence-corrected chi connectivity index (χ2v) is 6.44. The third kappa shape index (κ3) is 2.80. The fourth-order valence-electron chi connectivity index (χ4n) is 3.56. The van der Waals surface area contributed by atoms with Gasteiger partial charge in [0.2, 0.25) is 11.8 Å². The number of amides is 2. The van der Waals surface area contributed by atoms with Crippen LogP contribution in [-0.2, 0) is 16.0 Å². The molecule has 1 aromatic carbocycles. The molecule has 1 heterocycles. The molecule has 0 bridgehead atoms. The Hall–Kier alpha value is -1.84. The molecule has 1 N–H and O–H groups in total. The highest BCUT2D eigenvalue weighted by Gasteiger charge is 2.43. The highest BCUT2D eigenvalue weighted by Crippen LogP contribution is 2.35. The van der Waals surface area contributed by atoms with Crippen LogP contribution in [0.15, 0.2) is 30.3 Å². The molecule has 112 valence electrons. The van der Waals surface area contributed by atoms with Gasteiger partial charge < -0.3 is 10.2 Å². The molecule has 1 atom stereocenters. The number of carbonyl (C=O) groups excluding carboxylic acids is 2. The van der Waals surface area contributed by atoms with Crippen LogP contribution in [0.4, 0.5) is 0 Å². The van der Waals surface area contributed by atoms with Gasteiger partial charge in [0.1, 0.15) is 12.6 Å². The largest absolute Gasteiger partial charge is 0.342 e. The Bertz CT molecular complexity index is 535. The predicted octanol–water partition coefficient (Wildman–Crippen LogP) is 1.89. The minimum Gasteiger partial charge on any atom is -0.342 e. The van der Waals surface area contributed by atoms with E-state index < -0.39 is 6.04 Å². The van der Waals surface area contributed by atoms with Gasteiger partial charge in [-0.05, 0) is 25.3 Å². The van der Waals surface area contributed by atoms with Crippen LogP contribution in [0.5, 0.6) is 0 Å². The average Bonchev–Trinajstić information content (AvgIpc) is 2.91. The van der Waals surface area contributed by atoms with E-state index in [-0.39, 0.29) is 23.9 Å². The quantitative estimate of drug-likeness (QED) is 0.922. The number of carbonyl (C=O) groups is 2. The Morgan fingerprint density at radius 3 is 2.52 bits per heavy atom. The molecule has 1 saturated heterocycles. The summed E-state index contributed by atoms with van der Waals surface area (Å²) in [7, 11) is 0. The van der Waals surface area contributed by atoms with E-state index in [2.05, 4.69) is 12.2 Å². The third-order valence-corrected chi connectivity index (χ3v) is 4.82. The standard InChI is InChI=1S/C17H22N2O2/c1-17(9-5-6-10-17)19-12-15(20)18-14(16(19)21)11-13-7-3-2-4-8-13/h2-4,7-8,14H,5-6,9-12H2,1H3,(H,18,20). The van der Waals surface area contributed by atoms with Crippen molar-refractivity contribution in [3.05, 3.63) is 35.9 Å². The summed E-state index contributed by atoms with van der Waals surface area (Å²) < 4.78 is 0. The molecule has 2 aliphatic rings. The van der Waals surface area contributed by atoms with Crippen LogP contribution < -0.4 is 5.32 Å². The Labute approximate surface area is 125 Å². The smallest absolute Gasteiger partial charge is 0.246 e. The summed E-state index contributed by atoms with van der Waals surface area (Å²) in [5, 5.41) is 2.86. The van der Waals surface area contributed by atoms with Gasteiger partial charge in [-0.3, -0.25) is 9.59 Å². The van der Waals surface area contributed by atoms with Crippen molar-refractivity contribution in [1.29, 1.82) is 0 Å². The lowest BCUT2D eigenvalue weighted by Crippen LogP contribution is -2.64. The highest BCUT2D eigenvalue weighted by molar-refractivity contribution is 5.95. The van der Waals surface area contributed by atoms with Gasteiger partial charge >= 0.3 is 0 Å². The number of piperazine rings is 1. The topological polar surface area (TPSA) is 49.4 Å². The Kier molecular flexibility index (Phi) is 3.70. The van der Waals surface area contributed by atoms with Crippen molar-refractivity contribution in [1.82, 2.24) is 10.2 Å². The molecule has 1 aliphatic heterocycles. The van der Waals surface area contributed by atoms with Gasteiger partial charge in [0.05, 0.1) is 0 Å². The van der Waals surface area contributed by atoms with Crippen molar-refractivity contribution in [3.8, 4) is 0 Å². The van der Waals surface area contributed by atoms with Crippen LogP contribution in [0, 0.1) is 0 Å². The first kappa shape index (κ1) is 14.1. The van der Waals surface area contributed by atoms with Crippen LogP contribution in [0.2, 0.25) is 0 Å². The maximum atomic E-state index is 12.8. The second-order valence-electron chi connectivity index (χ2n) is 6.44. The van der Waals surface area contributed by atoms with E-state index in [1.54, 1.807) is 0 Å². The van der Waals surface area contributed by atoms with Crippen LogP contribution >= 0.6 is 0 Å². The van der Waals surface area contributed by atoms with E-state index in [1.165, 1.54) is 0 Å².